The standard InChI is InChI=1S/C23H29N7OS/c1-29(14-16-10-12-26-13-11-16)32-18-8-6-17(7-9-18)27-23-19(22(25)31)15-30(28-23)21-5-3-2-4-20(21)24/h6-13,15,20-21H,2-5,14,24H2,1H3,(H2,25,31)(H,27,28). The monoisotopic (exact) mass is 451 g/mol. The summed E-state index contributed by atoms with van der Waals surface area (Å²) >= 11 is 1.66. The minimum atomic E-state index is -0.506. The highest BCUT2D eigenvalue weighted by Crippen LogP contribution is 2.30. The van der Waals surface area contributed by atoms with Crippen LogP contribution in [0.15, 0.2) is 59.9 Å². The Morgan fingerprint density at radius 2 is 1.91 bits per heavy atom. The van der Waals surface area contributed by atoms with Crippen LogP contribution < -0.4 is 16.8 Å². The van der Waals surface area contributed by atoms with Gasteiger partial charge in [-0.3, -0.25) is 14.5 Å². The second-order valence-electron chi connectivity index (χ2n) is 8.13. The third kappa shape index (κ3) is 5.48. The first-order chi connectivity index (χ1) is 15.5. The van der Waals surface area contributed by atoms with Crippen molar-refractivity contribution in [3.8, 4) is 0 Å². The first kappa shape index (κ1) is 22.3. The predicted octanol–water partition coefficient (Wildman–Crippen LogP) is 3.70. The van der Waals surface area contributed by atoms with Gasteiger partial charge in [0.15, 0.2) is 5.82 Å². The van der Waals surface area contributed by atoms with Gasteiger partial charge in [0.1, 0.15) is 5.56 Å². The second kappa shape index (κ2) is 10.2. The van der Waals surface area contributed by atoms with Crippen LogP contribution >= 0.6 is 11.9 Å². The zero-order valence-corrected chi connectivity index (χ0v) is 19.0. The van der Waals surface area contributed by atoms with Gasteiger partial charge in [-0.25, -0.2) is 4.31 Å². The Bertz CT molecular complexity index is 1040. The summed E-state index contributed by atoms with van der Waals surface area (Å²) in [5.74, 6) is -0.0430. The van der Waals surface area contributed by atoms with Crippen LogP contribution in [0, 0.1) is 0 Å². The molecule has 1 saturated carbocycles. The third-order valence-corrected chi connectivity index (χ3v) is 6.58. The Labute approximate surface area is 192 Å². The van der Waals surface area contributed by atoms with Gasteiger partial charge in [-0.1, -0.05) is 12.8 Å². The number of aromatic nitrogens is 3. The van der Waals surface area contributed by atoms with E-state index in [9.17, 15) is 4.79 Å². The number of nitrogens with zero attached hydrogens (tertiary/aromatic N) is 4. The maximum absolute atomic E-state index is 12.0. The molecule has 1 aromatic carbocycles. The van der Waals surface area contributed by atoms with Gasteiger partial charge in [0.25, 0.3) is 5.91 Å². The zero-order chi connectivity index (χ0) is 22.5. The van der Waals surface area contributed by atoms with E-state index in [1.807, 2.05) is 41.1 Å². The van der Waals surface area contributed by atoms with Crippen LogP contribution in [0.2, 0.25) is 0 Å². The number of anilines is 2. The van der Waals surface area contributed by atoms with Crippen molar-refractivity contribution in [2.24, 2.45) is 11.5 Å². The van der Waals surface area contributed by atoms with E-state index in [0.29, 0.717) is 11.4 Å². The molecule has 8 nitrogen and oxygen atoms in total. The lowest BCUT2D eigenvalue weighted by Gasteiger charge is -2.28. The van der Waals surface area contributed by atoms with Crippen molar-refractivity contribution in [3.63, 3.8) is 0 Å². The van der Waals surface area contributed by atoms with Gasteiger partial charge in [-0.15, -0.1) is 0 Å². The zero-order valence-electron chi connectivity index (χ0n) is 18.1. The third-order valence-electron chi connectivity index (χ3n) is 5.65. The van der Waals surface area contributed by atoms with Crippen molar-refractivity contribution in [2.75, 3.05) is 12.4 Å². The lowest BCUT2D eigenvalue weighted by molar-refractivity contribution is 0.100. The molecule has 1 aliphatic carbocycles. The van der Waals surface area contributed by atoms with E-state index >= 15 is 0 Å². The minimum Gasteiger partial charge on any atom is -0.365 e. The molecular weight excluding hydrogens is 422 g/mol. The molecule has 1 aliphatic rings. The summed E-state index contributed by atoms with van der Waals surface area (Å²) in [4.78, 5) is 17.2. The summed E-state index contributed by atoms with van der Waals surface area (Å²) in [6.07, 6.45) is 9.50. The summed E-state index contributed by atoms with van der Waals surface area (Å²) in [7, 11) is 2.05. The first-order valence-corrected chi connectivity index (χ1v) is 11.6. The highest BCUT2D eigenvalue weighted by atomic mass is 32.2. The maximum atomic E-state index is 12.0. The van der Waals surface area contributed by atoms with Crippen molar-refractivity contribution < 1.29 is 4.79 Å². The average molecular weight is 452 g/mol. The Balaban J connectivity index is 1.43. The summed E-state index contributed by atoms with van der Waals surface area (Å²) < 4.78 is 3.97. The van der Waals surface area contributed by atoms with Gasteiger partial charge in [0.05, 0.1) is 6.04 Å². The smallest absolute Gasteiger partial charge is 0.254 e. The van der Waals surface area contributed by atoms with Crippen LogP contribution in [-0.2, 0) is 6.54 Å². The van der Waals surface area contributed by atoms with E-state index in [0.717, 1.165) is 42.8 Å². The molecule has 5 N–H and O–H groups in total. The van der Waals surface area contributed by atoms with E-state index in [2.05, 4.69) is 26.8 Å². The van der Waals surface area contributed by atoms with Gasteiger partial charge in [-0.05, 0) is 73.8 Å². The number of benzene rings is 1. The fraction of sp³-hybridized carbons (Fsp3) is 0.348. The van der Waals surface area contributed by atoms with Gasteiger partial charge >= 0.3 is 0 Å². The molecular formula is C23H29N7OS. The van der Waals surface area contributed by atoms with Crippen LogP contribution in [0.1, 0.15) is 47.6 Å². The molecule has 168 valence electrons. The van der Waals surface area contributed by atoms with Gasteiger partial charge < -0.3 is 16.8 Å². The van der Waals surface area contributed by atoms with Crippen LogP contribution in [0.4, 0.5) is 11.5 Å². The molecule has 0 aliphatic heterocycles. The van der Waals surface area contributed by atoms with Crippen LogP contribution in [0.3, 0.4) is 0 Å². The van der Waals surface area contributed by atoms with E-state index in [1.165, 1.54) is 5.56 Å². The first-order valence-electron chi connectivity index (χ1n) is 10.8. The molecule has 0 spiro atoms. The van der Waals surface area contributed by atoms with Crippen LogP contribution in [0.5, 0.6) is 0 Å². The number of hydrogen-bond donors (Lipinski definition) is 3. The topological polar surface area (TPSA) is 115 Å². The van der Waals surface area contributed by atoms with Crippen LogP contribution in [-0.4, -0.2) is 38.1 Å². The SMILES string of the molecule is CN(Cc1ccncc1)Sc1ccc(Nc2nn(C3CCCCC3N)cc2C(N)=O)cc1. The quantitative estimate of drug-likeness (QED) is 0.447. The molecule has 2 atom stereocenters. The lowest BCUT2D eigenvalue weighted by atomic mass is 9.91. The predicted molar refractivity (Wildman–Crippen MR) is 128 cm³/mol. The number of rotatable bonds is 8. The highest BCUT2D eigenvalue weighted by Gasteiger charge is 2.26. The number of nitrogens with one attached hydrogen (secondary N) is 1. The van der Waals surface area contributed by atoms with E-state index in [-0.39, 0.29) is 12.1 Å². The molecule has 32 heavy (non-hydrogen) atoms. The van der Waals surface area contributed by atoms with Gasteiger partial charge in [0.2, 0.25) is 0 Å². The Kier molecular flexibility index (Phi) is 7.09. The lowest BCUT2D eigenvalue weighted by Crippen LogP contribution is -2.35. The summed E-state index contributed by atoms with van der Waals surface area (Å²) in [5, 5.41) is 7.87. The number of pyridine rings is 1. The Hall–Kier alpha value is -2.88. The fourth-order valence-electron chi connectivity index (χ4n) is 4.00. The molecule has 1 fully saturated rings. The number of amides is 1. The van der Waals surface area contributed by atoms with E-state index < -0.39 is 5.91 Å². The van der Waals surface area contributed by atoms with Crippen LogP contribution in [0.25, 0.3) is 0 Å². The molecule has 2 heterocycles. The second-order valence-corrected chi connectivity index (χ2v) is 9.41. The maximum Gasteiger partial charge on any atom is 0.254 e. The molecule has 4 rings (SSSR count). The number of carbonyl (C=O) groups excluding carboxylic acids is 1. The van der Waals surface area contributed by atoms with Crippen molar-refractivity contribution in [1.29, 1.82) is 0 Å². The van der Waals surface area contributed by atoms with Crippen molar-refractivity contribution in [2.45, 2.75) is 49.2 Å². The number of hydrogen-bond acceptors (Lipinski definition) is 7. The number of primary amides is 1. The van der Waals surface area contributed by atoms with Gasteiger partial charge in [-0.2, -0.15) is 5.10 Å². The Morgan fingerprint density at radius 3 is 2.59 bits per heavy atom. The molecule has 0 radical (unpaired) electrons. The molecule has 0 saturated heterocycles. The van der Waals surface area contributed by atoms with Crippen molar-refractivity contribution in [1.82, 2.24) is 19.1 Å². The molecule has 9 heteroatoms. The van der Waals surface area contributed by atoms with Gasteiger partial charge in [0, 0.05) is 41.8 Å². The Morgan fingerprint density at radius 1 is 1.19 bits per heavy atom. The highest BCUT2D eigenvalue weighted by molar-refractivity contribution is 7.97. The molecule has 1 amide bonds. The van der Waals surface area contributed by atoms with Crippen molar-refractivity contribution in [3.05, 3.63) is 66.1 Å². The molecule has 2 unspecified atom stereocenters. The average Bonchev–Trinajstić information content (AvgIpc) is 3.20. The number of carbonyl (C=O) groups is 1. The molecule has 3 aromatic rings. The minimum absolute atomic E-state index is 0.0395. The molecule has 2 aromatic heterocycles. The van der Waals surface area contributed by atoms with Crippen molar-refractivity contribution >= 4 is 29.4 Å². The van der Waals surface area contributed by atoms with E-state index in [4.69, 9.17) is 11.5 Å². The van der Waals surface area contributed by atoms with E-state index in [1.54, 1.807) is 30.5 Å². The summed E-state index contributed by atoms with van der Waals surface area (Å²) in [6, 6.07) is 12.2. The largest absolute Gasteiger partial charge is 0.365 e. The fourth-order valence-corrected chi connectivity index (χ4v) is 4.83. The molecule has 0 bridgehead atoms. The summed E-state index contributed by atoms with van der Waals surface area (Å²) in [6.45, 7) is 0.815. The normalized spacial score (nSPS) is 18.6. The summed E-state index contributed by atoms with van der Waals surface area (Å²) in [5.41, 5.74) is 14.3. The number of nitrogens with two attached hydrogens (primary N) is 2.